The maximum absolute atomic E-state index is 11.0. The highest BCUT2D eigenvalue weighted by atomic mass is 31.2. The number of carbonyl (C=O) groups excluding carboxylic acids is 2. The molecule has 0 rings (SSSR count). The zero-order valence-electron chi connectivity index (χ0n) is 17.8. The first-order chi connectivity index (χ1) is 14.0. The molecule has 0 saturated carbocycles. The summed E-state index contributed by atoms with van der Waals surface area (Å²) in [6.07, 6.45) is -0.633. The van der Waals surface area contributed by atoms with Crippen LogP contribution >= 0.6 is 8.45 Å². The van der Waals surface area contributed by atoms with Crippen molar-refractivity contribution in [3.63, 3.8) is 0 Å². The van der Waals surface area contributed by atoms with Crippen LogP contribution in [0, 0.1) is 0 Å². The Kier molecular flexibility index (Phi) is 19.7. The molecular weight excluding hydrogens is 407 g/mol. The van der Waals surface area contributed by atoms with E-state index >= 15 is 0 Å². The largest absolute Gasteiger partial charge is 0.462 e. The second-order valence-corrected chi connectivity index (χ2v) is 7.09. The van der Waals surface area contributed by atoms with Gasteiger partial charge in [0.2, 0.25) is 0 Å². The van der Waals surface area contributed by atoms with Crippen LogP contribution < -0.4 is 10.2 Å². The van der Waals surface area contributed by atoms with Crippen LogP contribution in [0.3, 0.4) is 0 Å². The Labute approximate surface area is 173 Å². The zero-order valence-corrected chi connectivity index (χ0v) is 18.7. The van der Waals surface area contributed by atoms with Crippen molar-refractivity contribution in [2.24, 2.45) is 0 Å². The number of rotatable bonds is 20. The van der Waals surface area contributed by atoms with Gasteiger partial charge in [-0.25, -0.2) is 5.09 Å². The third-order valence-electron chi connectivity index (χ3n) is 3.02. The van der Waals surface area contributed by atoms with Gasteiger partial charge in [0.05, 0.1) is 46.2 Å². The third kappa shape index (κ3) is 20.2. The summed E-state index contributed by atoms with van der Waals surface area (Å²) in [7, 11) is 0.878. The first kappa shape index (κ1) is 28.1. The van der Waals surface area contributed by atoms with E-state index in [1.54, 1.807) is 0 Å². The minimum Gasteiger partial charge on any atom is -0.462 e. The van der Waals surface area contributed by atoms with E-state index in [-0.39, 0.29) is 13.2 Å². The van der Waals surface area contributed by atoms with Crippen molar-refractivity contribution in [2.45, 2.75) is 26.9 Å². The quantitative estimate of drug-likeness (QED) is 0.119. The number of hydrogen-bond acceptors (Lipinski definition) is 11. The van der Waals surface area contributed by atoms with Gasteiger partial charge in [-0.15, -0.1) is 0 Å². The SMILES string of the molecule is CCOCNP(NC)OCCOCCOCCOC[C@@H](COC(C)=O)OC(C)=O. The molecule has 0 aromatic heterocycles. The number of ether oxygens (including phenoxy) is 6. The number of nitrogens with one attached hydrogen (secondary N) is 2. The van der Waals surface area contributed by atoms with Gasteiger partial charge in [0.1, 0.15) is 13.3 Å². The van der Waals surface area contributed by atoms with E-state index in [1.807, 2.05) is 14.0 Å². The average Bonchev–Trinajstić information content (AvgIpc) is 2.68. The van der Waals surface area contributed by atoms with Gasteiger partial charge >= 0.3 is 11.9 Å². The molecule has 2 N–H and O–H groups in total. The van der Waals surface area contributed by atoms with Gasteiger partial charge in [0.25, 0.3) is 0 Å². The van der Waals surface area contributed by atoms with Crippen LogP contribution in [0.15, 0.2) is 0 Å². The highest BCUT2D eigenvalue weighted by Crippen LogP contribution is 2.24. The smallest absolute Gasteiger partial charge is 0.303 e. The van der Waals surface area contributed by atoms with E-state index in [2.05, 4.69) is 10.2 Å². The fraction of sp³-hybridized carbons (Fsp3) is 0.882. The van der Waals surface area contributed by atoms with E-state index in [1.165, 1.54) is 13.8 Å². The molecule has 12 heteroatoms. The molecule has 0 aromatic rings. The van der Waals surface area contributed by atoms with Crippen molar-refractivity contribution in [1.29, 1.82) is 0 Å². The molecule has 0 spiro atoms. The fourth-order valence-electron chi connectivity index (χ4n) is 1.80. The van der Waals surface area contributed by atoms with E-state index in [0.717, 1.165) is 0 Å². The lowest BCUT2D eigenvalue weighted by Crippen LogP contribution is -2.29. The monoisotopic (exact) mass is 442 g/mol. The molecule has 0 amide bonds. The summed E-state index contributed by atoms with van der Waals surface area (Å²) in [5.41, 5.74) is 0. The first-order valence-corrected chi connectivity index (χ1v) is 10.7. The molecule has 0 aliphatic heterocycles. The minimum atomic E-state index is -0.934. The highest BCUT2D eigenvalue weighted by molar-refractivity contribution is 7.48. The Morgan fingerprint density at radius 3 is 2.03 bits per heavy atom. The van der Waals surface area contributed by atoms with Crippen LogP contribution in [0.5, 0.6) is 0 Å². The molecule has 0 saturated heterocycles. The van der Waals surface area contributed by atoms with Gasteiger partial charge in [-0.2, -0.15) is 0 Å². The Hall–Kier alpha value is -0.910. The van der Waals surface area contributed by atoms with E-state index in [9.17, 15) is 9.59 Å². The summed E-state index contributed by atoms with van der Waals surface area (Å²) < 4.78 is 36.8. The number of esters is 2. The summed E-state index contributed by atoms with van der Waals surface area (Å²) >= 11 is 0. The molecular formula is C17H35N2O9P. The molecule has 11 nitrogen and oxygen atoms in total. The lowest BCUT2D eigenvalue weighted by atomic mass is 10.4. The minimum absolute atomic E-state index is 0.0391. The van der Waals surface area contributed by atoms with E-state index in [4.69, 9.17) is 32.9 Å². The summed E-state index contributed by atoms with van der Waals surface area (Å²) in [6.45, 7) is 8.12. The molecule has 172 valence electrons. The van der Waals surface area contributed by atoms with Crippen molar-refractivity contribution < 1.29 is 42.5 Å². The molecule has 0 bridgehead atoms. The Morgan fingerprint density at radius 1 is 0.862 bits per heavy atom. The van der Waals surface area contributed by atoms with E-state index < -0.39 is 26.5 Å². The number of carbonyl (C=O) groups is 2. The molecule has 0 aromatic carbocycles. The van der Waals surface area contributed by atoms with Crippen LogP contribution in [0.2, 0.25) is 0 Å². The van der Waals surface area contributed by atoms with Crippen molar-refractivity contribution in [3.05, 3.63) is 0 Å². The fourth-order valence-corrected chi connectivity index (χ4v) is 2.64. The molecule has 0 aliphatic rings. The summed E-state index contributed by atoms with van der Waals surface area (Å²) in [4.78, 5) is 21.8. The Morgan fingerprint density at radius 2 is 1.48 bits per heavy atom. The van der Waals surface area contributed by atoms with Crippen LogP contribution in [0.25, 0.3) is 0 Å². The lowest BCUT2D eigenvalue weighted by Gasteiger charge is -2.17. The maximum Gasteiger partial charge on any atom is 0.303 e. The van der Waals surface area contributed by atoms with Crippen LogP contribution in [0.1, 0.15) is 20.8 Å². The third-order valence-corrected chi connectivity index (χ3v) is 4.28. The second kappa shape index (κ2) is 20.4. The predicted octanol–water partition coefficient (Wildman–Crippen LogP) is 0.578. The van der Waals surface area contributed by atoms with E-state index in [0.29, 0.717) is 53.0 Å². The lowest BCUT2D eigenvalue weighted by molar-refractivity contribution is -0.160. The Bertz CT molecular complexity index is 418. The van der Waals surface area contributed by atoms with Gasteiger partial charge in [-0.05, 0) is 14.0 Å². The molecule has 2 atom stereocenters. The Balaban J connectivity index is 3.54. The predicted molar refractivity (Wildman–Crippen MR) is 106 cm³/mol. The van der Waals surface area contributed by atoms with Gasteiger partial charge in [-0.3, -0.25) is 14.7 Å². The van der Waals surface area contributed by atoms with Gasteiger partial charge in [-0.1, -0.05) is 0 Å². The summed E-state index contributed by atoms with van der Waals surface area (Å²) in [6, 6.07) is 0. The topological polar surface area (TPSA) is 123 Å². The van der Waals surface area contributed by atoms with Crippen LogP contribution in [0.4, 0.5) is 0 Å². The second-order valence-electron chi connectivity index (χ2n) is 5.48. The van der Waals surface area contributed by atoms with Crippen molar-refractivity contribution in [2.75, 3.05) is 73.2 Å². The zero-order chi connectivity index (χ0) is 21.7. The van der Waals surface area contributed by atoms with Gasteiger partial charge < -0.3 is 32.9 Å². The van der Waals surface area contributed by atoms with Crippen molar-refractivity contribution in [3.8, 4) is 0 Å². The summed E-state index contributed by atoms with van der Waals surface area (Å²) in [5, 5.41) is 6.12. The average molecular weight is 442 g/mol. The number of hydrogen-bond donors (Lipinski definition) is 2. The first-order valence-electron chi connectivity index (χ1n) is 9.45. The van der Waals surface area contributed by atoms with Crippen LogP contribution in [-0.2, 0) is 42.5 Å². The molecule has 29 heavy (non-hydrogen) atoms. The van der Waals surface area contributed by atoms with Crippen LogP contribution in [-0.4, -0.2) is 91.3 Å². The standard InChI is InChI=1S/C17H35N2O9P/c1-5-22-14-19-29(18-4)27-11-10-24-7-6-23-8-9-25-12-17(28-16(3)21)13-26-15(2)20/h17-19H,5-14H2,1-4H3/t17-,29?/m0/s1. The van der Waals surface area contributed by atoms with Gasteiger partial charge in [0.15, 0.2) is 14.6 Å². The normalized spacial score (nSPS) is 13.1. The van der Waals surface area contributed by atoms with Crippen molar-refractivity contribution >= 4 is 20.4 Å². The van der Waals surface area contributed by atoms with Gasteiger partial charge in [0, 0.05) is 20.5 Å². The highest BCUT2D eigenvalue weighted by Gasteiger charge is 2.14. The van der Waals surface area contributed by atoms with Crippen molar-refractivity contribution in [1.82, 2.24) is 10.2 Å². The maximum atomic E-state index is 11.0. The molecule has 0 fully saturated rings. The molecule has 0 radical (unpaired) electrons. The molecule has 0 heterocycles. The molecule has 1 unspecified atom stereocenters. The molecule has 0 aliphatic carbocycles. The summed E-state index contributed by atoms with van der Waals surface area (Å²) in [5.74, 6) is -0.907.